The van der Waals surface area contributed by atoms with Crippen LogP contribution in [0, 0.1) is 5.92 Å². The smallest absolute Gasteiger partial charge is 0.225 e. The van der Waals surface area contributed by atoms with Crippen LogP contribution in [0.25, 0.3) is 0 Å². The average molecular weight is 318 g/mol. The Morgan fingerprint density at radius 2 is 2.00 bits per heavy atom. The standard InChI is InChI=1S/C19H30N2O2/c1-4-16-5-7-17(8-6-16)14-21(13-15(2)3)19(22)11-18-12-20-9-10-23-18/h5-8,15,18,20H,4,9-14H2,1-3H3/t18-/m1/s1. The number of benzene rings is 1. The largest absolute Gasteiger partial charge is 0.375 e. The Bertz CT molecular complexity index is 479. The molecule has 128 valence electrons. The number of carbonyl (C=O) groups excluding carboxylic acids is 1. The van der Waals surface area contributed by atoms with Crippen LogP contribution in [-0.2, 0) is 22.5 Å². The van der Waals surface area contributed by atoms with E-state index in [1.165, 1.54) is 11.1 Å². The maximum Gasteiger partial charge on any atom is 0.225 e. The van der Waals surface area contributed by atoms with Gasteiger partial charge in [-0.05, 0) is 23.5 Å². The van der Waals surface area contributed by atoms with Crippen LogP contribution in [0.2, 0.25) is 0 Å². The van der Waals surface area contributed by atoms with Gasteiger partial charge in [0, 0.05) is 26.2 Å². The third-order valence-electron chi connectivity index (χ3n) is 4.15. The molecule has 0 saturated carbocycles. The lowest BCUT2D eigenvalue weighted by Crippen LogP contribution is -2.43. The summed E-state index contributed by atoms with van der Waals surface area (Å²) < 4.78 is 5.67. The van der Waals surface area contributed by atoms with Crippen LogP contribution in [0.15, 0.2) is 24.3 Å². The number of aryl methyl sites for hydroxylation is 1. The van der Waals surface area contributed by atoms with Crippen molar-refractivity contribution in [2.75, 3.05) is 26.2 Å². The second-order valence-corrected chi connectivity index (χ2v) is 6.74. The van der Waals surface area contributed by atoms with Crippen LogP contribution in [0.1, 0.15) is 38.3 Å². The molecular formula is C19H30N2O2. The lowest BCUT2D eigenvalue weighted by Gasteiger charge is -2.29. The molecule has 0 radical (unpaired) electrons. The van der Waals surface area contributed by atoms with Crippen molar-refractivity contribution in [3.63, 3.8) is 0 Å². The van der Waals surface area contributed by atoms with E-state index in [4.69, 9.17) is 4.74 Å². The Balaban J connectivity index is 1.98. The predicted octanol–water partition coefficient (Wildman–Crippen LogP) is 2.61. The molecule has 1 aliphatic rings. The fourth-order valence-corrected chi connectivity index (χ4v) is 2.87. The van der Waals surface area contributed by atoms with Crippen LogP contribution >= 0.6 is 0 Å². The molecule has 2 rings (SSSR count). The van der Waals surface area contributed by atoms with E-state index < -0.39 is 0 Å². The van der Waals surface area contributed by atoms with Crippen LogP contribution in [0.4, 0.5) is 0 Å². The highest BCUT2D eigenvalue weighted by molar-refractivity contribution is 5.76. The zero-order valence-electron chi connectivity index (χ0n) is 14.7. The molecule has 0 unspecified atom stereocenters. The second kappa shape index (κ2) is 9.04. The van der Waals surface area contributed by atoms with Gasteiger partial charge in [0.1, 0.15) is 0 Å². The van der Waals surface area contributed by atoms with Gasteiger partial charge in [0.05, 0.1) is 19.1 Å². The van der Waals surface area contributed by atoms with E-state index in [0.29, 0.717) is 25.5 Å². The molecule has 1 amide bonds. The highest BCUT2D eigenvalue weighted by Crippen LogP contribution is 2.13. The lowest BCUT2D eigenvalue weighted by molar-refractivity contribution is -0.135. The molecule has 1 fully saturated rings. The molecule has 1 aliphatic heterocycles. The van der Waals surface area contributed by atoms with Crippen molar-refractivity contribution in [2.45, 2.75) is 46.3 Å². The number of rotatable bonds is 7. The minimum Gasteiger partial charge on any atom is -0.375 e. The summed E-state index contributed by atoms with van der Waals surface area (Å²) in [7, 11) is 0. The number of amides is 1. The normalized spacial score (nSPS) is 18.2. The summed E-state index contributed by atoms with van der Waals surface area (Å²) in [6.45, 7) is 10.3. The van der Waals surface area contributed by atoms with Gasteiger partial charge in [0.2, 0.25) is 5.91 Å². The van der Waals surface area contributed by atoms with Crippen molar-refractivity contribution < 1.29 is 9.53 Å². The minimum absolute atomic E-state index is 0.00776. The van der Waals surface area contributed by atoms with Gasteiger partial charge in [-0.25, -0.2) is 0 Å². The van der Waals surface area contributed by atoms with E-state index >= 15 is 0 Å². The molecule has 4 nitrogen and oxygen atoms in total. The number of nitrogens with zero attached hydrogens (tertiary/aromatic N) is 1. The van der Waals surface area contributed by atoms with Crippen molar-refractivity contribution in [3.05, 3.63) is 35.4 Å². The molecule has 1 heterocycles. The van der Waals surface area contributed by atoms with Gasteiger partial charge < -0.3 is 15.0 Å². The molecule has 0 aliphatic carbocycles. The van der Waals surface area contributed by atoms with Crippen molar-refractivity contribution in [2.24, 2.45) is 5.92 Å². The summed E-state index contributed by atoms with van der Waals surface area (Å²) in [5, 5.41) is 3.29. The van der Waals surface area contributed by atoms with E-state index in [-0.39, 0.29) is 12.0 Å². The number of carbonyl (C=O) groups is 1. The Morgan fingerprint density at radius 3 is 2.57 bits per heavy atom. The molecule has 4 heteroatoms. The highest BCUT2D eigenvalue weighted by atomic mass is 16.5. The zero-order chi connectivity index (χ0) is 16.7. The molecule has 0 aromatic heterocycles. The predicted molar refractivity (Wildman–Crippen MR) is 93.3 cm³/mol. The average Bonchev–Trinajstić information content (AvgIpc) is 2.55. The fraction of sp³-hybridized carbons (Fsp3) is 0.632. The Hall–Kier alpha value is -1.39. The SMILES string of the molecule is CCc1ccc(CN(CC(C)C)C(=O)C[C@@H]2CNCCO2)cc1. The van der Waals surface area contributed by atoms with Gasteiger partial charge in [-0.15, -0.1) is 0 Å². The molecule has 1 aromatic rings. The fourth-order valence-electron chi connectivity index (χ4n) is 2.87. The summed E-state index contributed by atoms with van der Waals surface area (Å²) in [6.07, 6.45) is 1.52. The molecule has 0 bridgehead atoms. The first-order valence-electron chi connectivity index (χ1n) is 8.76. The summed E-state index contributed by atoms with van der Waals surface area (Å²) >= 11 is 0. The number of nitrogens with one attached hydrogen (secondary N) is 1. The number of ether oxygens (including phenoxy) is 1. The number of hydrogen-bond donors (Lipinski definition) is 1. The van der Waals surface area contributed by atoms with E-state index in [0.717, 1.165) is 26.1 Å². The number of morpholine rings is 1. The topological polar surface area (TPSA) is 41.6 Å². The molecule has 1 aromatic carbocycles. The molecule has 1 atom stereocenters. The summed E-state index contributed by atoms with van der Waals surface area (Å²) in [4.78, 5) is 14.7. The Morgan fingerprint density at radius 1 is 1.30 bits per heavy atom. The van der Waals surface area contributed by atoms with Crippen molar-refractivity contribution >= 4 is 5.91 Å². The van der Waals surface area contributed by atoms with Gasteiger partial charge in [0.15, 0.2) is 0 Å². The molecule has 0 spiro atoms. The first-order chi connectivity index (χ1) is 11.1. The van der Waals surface area contributed by atoms with Crippen LogP contribution in [0.5, 0.6) is 0 Å². The number of hydrogen-bond acceptors (Lipinski definition) is 3. The summed E-state index contributed by atoms with van der Waals surface area (Å²) in [5.74, 6) is 0.645. The van der Waals surface area contributed by atoms with Crippen LogP contribution in [0.3, 0.4) is 0 Å². The Kier molecular flexibility index (Phi) is 7.06. The van der Waals surface area contributed by atoms with Gasteiger partial charge in [-0.3, -0.25) is 4.79 Å². The van der Waals surface area contributed by atoms with E-state index in [1.54, 1.807) is 0 Å². The van der Waals surface area contributed by atoms with Gasteiger partial charge in [-0.2, -0.15) is 0 Å². The third-order valence-corrected chi connectivity index (χ3v) is 4.15. The van der Waals surface area contributed by atoms with Crippen molar-refractivity contribution in [1.29, 1.82) is 0 Å². The van der Waals surface area contributed by atoms with Crippen molar-refractivity contribution in [3.8, 4) is 0 Å². The molecule has 1 N–H and O–H groups in total. The van der Waals surface area contributed by atoms with E-state index in [9.17, 15) is 4.79 Å². The maximum atomic E-state index is 12.7. The van der Waals surface area contributed by atoms with Gasteiger partial charge in [0.25, 0.3) is 0 Å². The summed E-state index contributed by atoms with van der Waals surface area (Å²) in [5.41, 5.74) is 2.52. The second-order valence-electron chi connectivity index (χ2n) is 6.74. The zero-order valence-corrected chi connectivity index (χ0v) is 14.7. The van der Waals surface area contributed by atoms with Gasteiger partial charge >= 0.3 is 0 Å². The van der Waals surface area contributed by atoms with Crippen molar-refractivity contribution in [1.82, 2.24) is 10.2 Å². The van der Waals surface area contributed by atoms with E-state index in [2.05, 4.69) is 50.4 Å². The first-order valence-corrected chi connectivity index (χ1v) is 8.76. The van der Waals surface area contributed by atoms with Gasteiger partial charge in [-0.1, -0.05) is 45.0 Å². The minimum atomic E-state index is 0.00776. The quantitative estimate of drug-likeness (QED) is 0.840. The highest BCUT2D eigenvalue weighted by Gasteiger charge is 2.22. The van der Waals surface area contributed by atoms with Crippen LogP contribution in [-0.4, -0.2) is 43.2 Å². The van der Waals surface area contributed by atoms with Crippen LogP contribution < -0.4 is 5.32 Å². The third kappa shape index (κ3) is 5.96. The first kappa shape index (κ1) is 18.0. The molecule has 1 saturated heterocycles. The summed E-state index contributed by atoms with van der Waals surface area (Å²) in [6, 6.07) is 8.58. The molecular weight excluding hydrogens is 288 g/mol. The maximum absolute atomic E-state index is 12.7. The monoisotopic (exact) mass is 318 g/mol. The Labute approximate surface area is 140 Å². The molecule has 23 heavy (non-hydrogen) atoms. The lowest BCUT2D eigenvalue weighted by atomic mass is 10.1. The van der Waals surface area contributed by atoms with E-state index in [1.807, 2.05) is 4.90 Å².